The van der Waals surface area contributed by atoms with Crippen LogP contribution in [0.2, 0.25) is 0 Å². The fraction of sp³-hybridized carbons (Fsp3) is 0.370. The van der Waals surface area contributed by atoms with E-state index in [1.54, 1.807) is 30.0 Å². The third-order valence-electron chi connectivity index (χ3n) is 7.17. The number of halogens is 3. The van der Waals surface area contributed by atoms with Crippen LogP contribution in [0.5, 0.6) is 11.5 Å². The Bertz CT molecular complexity index is 1420. The Morgan fingerprint density at radius 3 is 2.71 bits per heavy atom. The molecule has 2 aromatic carbocycles. The molecule has 3 aromatic rings. The summed E-state index contributed by atoms with van der Waals surface area (Å²) in [5.41, 5.74) is -0.480. The molecule has 198 valence electrons. The predicted octanol–water partition coefficient (Wildman–Crippen LogP) is 4.94. The second-order valence-corrected chi connectivity index (χ2v) is 10.9. The van der Waals surface area contributed by atoms with Gasteiger partial charge in [0.25, 0.3) is 11.8 Å². The average Bonchev–Trinajstić information content (AvgIpc) is 3.39. The molecule has 3 aliphatic rings. The number of ether oxygens (including phenoxy) is 2. The number of hydrogen-bond donors (Lipinski definition) is 1. The molecule has 2 fully saturated rings. The molecule has 1 N–H and O–H groups in total. The SMILES string of the molecule is Cc1nc(C(=O)N2C3CC3C[C@H]2CNC(=O)c2cccc3c2OCCO3)c(-c2ccccc2C(F)(F)F)s1. The molecule has 1 aliphatic carbocycles. The van der Waals surface area contributed by atoms with Gasteiger partial charge in [0, 0.05) is 18.2 Å². The fourth-order valence-electron chi connectivity index (χ4n) is 5.42. The number of likely N-dealkylation sites (tertiary alicyclic amines) is 1. The highest BCUT2D eigenvalue weighted by atomic mass is 32.1. The molecule has 11 heteroatoms. The number of carbonyl (C=O) groups excluding carboxylic acids is 2. The van der Waals surface area contributed by atoms with Crippen molar-refractivity contribution in [2.24, 2.45) is 5.92 Å². The Labute approximate surface area is 220 Å². The Morgan fingerprint density at radius 1 is 1.11 bits per heavy atom. The Balaban J connectivity index is 1.24. The topological polar surface area (TPSA) is 80.8 Å². The van der Waals surface area contributed by atoms with Gasteiger partial charge in [0.15, 0.2) is 11.5 Å². The summed E-state index contributed by atoms with van der Waals surface area (Å²) in [5, 5.41) is 3.42. The molecule has 2 amide bonds. The van der Waals surface area contributed by atoms with Crippen molar-refractivity contribution in [3.05, 3.63) is 64.3 Å². The number of rotatable bonds is 5. The molecule has 0 bridgehead atoms. The number of aromatic nitrogens is 1. The molecule has 0 spiro atoms. The smallest absolute Gasteiger partial charge is 0.417 e. The van der Waals surface area contributed by atoms with E-state index < -0.39 is 17.6 Å². The summed E-state index contributed by atoms with van der Waals surface area (Å²) in [5.74, 6) is 0.467. The van der Waals surface area contributed by atoms with Crippen LogP contribution in [0.3, 0.4) is 0 Å². The largest absolute Gasteiger partial charge is 0.486 e. The van der Waals surface area contributed by atoms with Crippen molar-refractivity contribution < 1.29 is 32.2 Å². The molecular formula is C27H24F3N3O4S. The zero-order valence-electron chi connectivity index (χ0n) is 20.4. The van der Waals surface area contributed by atoms with Crippen LogP contribution in [-0.4, -0.2) is 53.5 Å². The van der Waals surface area contributed by atoms with Crippen LogP contribution in [0.25, 0.3) is 10.4 Å². The highest BCUT2D eigenvalue weighted by Gasteiger charge is 2.54. The summed E-state index contributed by atoms with van der Waals surface area (Å²) in [6.07, 6.45) is -3.02. The normalized spacial score (nSPS) is 21.7. The van der Waals surface area contributed by atoms with E-state index in [0.29, 0.717) is 47.6 Å². The number of hydrogen-bond acceptors (Lipinski definition) is 6. The van der Waals surface area contributed by atoms with Crippen LogP contribution < -0.4 is 14.8 Å². The summed E-state index contributed by atoms with van der Waals surface area (Å²) in [4.78, 5) is 33.1. The number of para-hydroxylation sites is 1. The van der Waals surface area contributed by atoms with Crippen molar-refractivity contribution in [1.29, 1.82) is 0 Å². The second-order valence-electron chi connectivity index (χ2n) is 9.66. The first-order chi connectivity index (χ1) is 18.2. The molecule has 2 unspecified atom stereocenters. The third kappa shape index (κ3) is 4.38. The molecule has 7 nitrogen and oxygen atoms in total. The van der Waals surface area contributed by atoms with Gasteiger partial charge in [-0.2, -0.15) is 13.2 Å². The molecule has 1 saturated carbocycles. The number of nitrogens with zero attached hydrogens (tertiary/aromatic N) is 2. The van der Waals surface area contributed by atoms with E-state index in [1.807, 2.05) is 0 Å². The molecule has 3 heterocycles. The first-order valence-corrected chi connectivity index (χ1v) is 13.2. The number of benzene rings is 2. The van der Waals surface area contributed by atoms with E-state index in [1.165, 1.54) is 18.2 Å². The van der Waals surface area contributed by atoms with Gasteiger partial charge in [-0.25, -0.2) is 4.98 Å². The van der Waals surface area contributed by atoms with E-state index >= 15 is 0 Å². The first-order valence-electron chi connectivity index (χ1n) is 12.4. The van der Waals surface area contributed by atoms with Crippen molar-refractivity contribution in [2.45, 2.75) is 38.0 Å². The standard InChI is InChI=1S/C27H24F3N3O4S/c1-14-32-22(24(38-14)17-5-2-3-7-19(17)27(28,29)30)26(35)33-16(11-15-12-20(15)33)13-31-25(34)18-6-4-8-21-23(18)37-10-9-36-21/h2-8,15-16,20H,9-13H2,1H3,(H,31,34)/t15?,16-,20?/m0/s1. The van der Waals surface area contributed by atoms with Crippen molar-refractivity contribution in [2.75, 3.05) is 19.8 Å². The number of aryl methyl sites for hydroxylation is 1. The van der Waals surface area contributed by atoms with E-state index in [2.05, 4.69) is 10.3 Å². The van der Waals surface area contributed by atoms with Crippen LogP contribution in [-0.2, 0) is 6.18 Å². The van der Waals surface area contributed by atoms with Gasteiger partial charge >= 0.3 is 6.18 Å². The molecule has 1 saturated heterocycles. The highest BCUT2D eigenvalue weighted by Crippen LogP contribution is 2.49. The van der Waals surface area contributed by atoms with Gasteiger partial charge in [-0.1, -0.05) is 24.3 Å². The molecule has 2 aliphatic heterocycles. The zero-order chi connectivity index (χ0) is 26.6. The summed E-state index contributed by atoms with van der Waals surface area (Å²) in [7, 11) is 0. The van der Waals surface area contributed by atoms with Crippen molar-refractivity contribution in [3.63, 3.8) is 0 Å². The van der Waals surface area contributed by atoms with E-state index in [9.17, 15) is 22.8 Å². The highest BCUT2D eigenvalue weighted by molar-refractivity contribution is 7.15. The first kappa shape index (κ1) is 24.7. The van der Waals surface area contributed by atoms with Crippen molar-refractivity contribution in [1.82, 2.24) is 15.2 Å². The summed E-state index contributed by atoms with van der Waals surface area (Å²) >= 11 is 1.08. The molecule has 38 heavy (non-hydrogen) atoms. The van der Waals surface area contributed by atoms with Gasteiger partial charge in [0.05, 0.1) is 27.1 Å². The van der Waals surface area contributed by atoms with Gasteiger partial charge in [0.1, 0.15) is 18.9 Å². The van der Waals surface area contributed by atoms with Gasteiger partial charge < -0.3 is 19.7 Å². The van der Waals surface area contributed by atoms with Crippen molar-refractivity contribution >= 4 is 23.2 Å². The number of amides is 2. The maximum atomic E-state index is 13.8. The van der Waals surface area contributed by atoms with Crippen LogP contribution in [0.1, 0.15) is 44.3 Å². The third-order valence-corrected chi connectivity index (χ3v) is 8.17. The maximum absolute atomic E-state index is 13.8. The van der Waals surface area contributed by atoms with Crippen LogP contribution in [0, 0.1) is 12.8 Å². The lowest BCUT2D eigenvalue weighted by Gasteiger charge is -2.28. The minimum atomic E-state index is -4.57. The number of nitrogens with one attached hydrogen (secondary N) is 1. The number of piperidine rings is 1. The average molecular weight is 544 g/mol. The number of fused-ring (bicyclic) bond motifs is 2. The number of thiazole rings is 1. The Hall–Kier alpha value is -3.60. The van der Waals surface area contributed by atoms with Crippen molar-refractivity contribution in [3.8, 4) is 21.9 Å². The van der Waals surface area contributed by atoms with Gasteiger partial charge in [0.2, 0.25) is 0 Å². The number of carbonyl (C=O) groups is 2. The lowest BCUT2D eigenvalue weighted by Crippen LogP contribution is -2.45. The maximum Gasteiger partial charge on any atom is 0.417 e. The molecule has 6 rings (SSSR count). The van der Waals surface area contributed by atoms with E-state index in [-0.39, 0.29) is 40.7 Å². The van der Waals surface area contributed by atoms with Gasteiger partial charge in [-0.15, -0.1) is 11.3 Å². The fourth-order valence-corrected chi connectivity index (χ4v) is 6.37. The number of alkyl halides is 3. The summed E-state index contributed by atoms with van der Waals surface area (Å²) in [6.45, 7) is 2.64. The molecule has 3 atom stereocenters. The van der Waals surface area contributed by atoms with Gasteiger partial charge in [-0.3, -0.25) is 9.59 Å². The van der Waals surface area contributed by atoms with E-state index in [0.717, 1.165) is 23.8 Å². The zero-order valence-corrected chi connectivity index (χ0v) is 21.2. The quantitative estimate of drug-likeness (QED) is 0.493. The Kier molecular flexibility index (Phi) is 6.05. The monoisotopic (exact) mass is 543 g/mol. The van der Waals surface area contributed by atoms with Crippen LogP contribution >= 0.6 is 11.3 Å². The van der Waals surface area contributed by atoms with Crippen LogP contribution in [0.4, 0.5) is 13.2 Å². The van der Waals surface area contributed by atoms with E-state index in [4.69, 9.17) is 9.47 Å². The molecule has 1 aromatic heterocycles. The minimum absolute atomic E-state index is 0.00154. The Morgan fingerprint density at radius 2 is 1.89 bits per heavy atom. The summed E-state index contributed by atoms with van der Waals surface area (Å²) in [6, 6.07) is 10.1. The van der Waals surface area contributed by atoms with Crippen LogP contribution in [0.15, 0.2) is 42.5 Å². The lowest BCUT2D eigenvalue weighted by atomic mass is 10.0. The predicted molar refractivity (Wildman–Crippen MR) is 134 cm³/mol. The van der Waals surface area contributed by atoms with Gasteiger partial charge in [-0.05, 0) is 43.9 Å². The molecular weight excluding hydrogens is 519 g/mol. The summed E-state index contributed by atoms with van der Waals surface area (Å²) < 4.78 is 52.5. The molecule has 0 radical (unpaired) electrons. The second kappa shape index (κ2) is 9.30. The minimum Gasteiger partial charge on any atom is -0.486 e. The lowest BCUT2D eigenvalue weighted by molar-refractivity contribution is -0.137.